The third-order valence-corrected chi connectivity index (χ3v) is 4.04. The van der Waals surface area contributed by atoms with Crippen LogP contribution in [0.4, 0.5) is 0 Å². The highest BCUT2D eigenvalue weighted by molar-refractivity contribution is 5.79. The van der Waals surface area contributed by atoms with E-state index in [-0.39, 0.29) is 0 Å². The van der Waals surface area contributed by atoms with Crippen LogP contribution in [0.15, 0.2) is 33.8 Å². The molecule has 0 spiro atoms. The second-order valence-electron chi connectivity index (χ2n) is 6.13. The second kappa shape index (κ2) is 8.52. The van der Waals surface area contributed by atoms with Gasteiger partial charge in [-0.3, -0.25) is 4.99 Å². The number of benzene rings is 1. The highest BCUT2D eigenvalue weighted by atomic mass is 16.5. The van der Waals surface area contributed by atoms with Crippen LogP contribution in [0.25, 0.3) is 0 Å². The number of aliphatic imine (C=N–C) groups is 1. The first-order valence-electron chi connectivity index (χ1n) is 8.48. The number of rotatable bonds is 6. The molecule has 130 valence electrons. The van der Waals surface area contributed by atoms with Crippen molar-refractivity contribution in [1.82, 2.24) is 15.4 Å². The second-order valence-corrected chi connectivity index (χ2v) is 6.13. The summed E-state index contributed by atoms with van der Waals surface area (Å²) in [6.45, 7) is 10.5. The molecule has 0 atom stereocenters. The van der Waals surface area contributed by atoms with Gasteiger partial charge < -0.3 is 14.7 Å². The van der Waals surface area contributed by atoms with Gasteiger partial charge in [-0.2, -0.15) is 0 Å². The number of nitrogens with one attached hydrogen (secondary N) is 1. The zero-order valence-corrected chi connectivity index (χ0v) is 15.4. The predicted octanol–water partition coefficient (Wildman–Crippen LogP) is 3.24. The number of hydrogen-bond donors (Lipinski definition) is 1. The molecular formula is C19H28N4O. The first kappa shape index (κ1) is 18.0. The van der Waals surface area contributed by atoms with Gasteiger partial charge in [0.1, 0.15) is 5.76 Å². The molecule has 0 amide bonds. The van der Waals surface area contributed by atoms with Gasteiger partial charge in [0.2, 0.25) is 0 Å². The van der Waals surface area contributed by atoms with E-state index >= 15 is 0 Å². The largest absolute Gasteiger partial charge is 0.361 e. The van der Waals surface area contributed by atoms with E-state index in [0.29, 0.717) is 6.54 Å². The maximum Gasteiger partial charge on any atom is 0.193 e. The summed E-state index contributed by atoms with van der Waals surface area (Å²) in [6, 6.07) is 8.62. The van der Waals surface area contributed by atoms with E-state index in [9.17, 15) is 0 Å². The summed E-state index contributed by atoms with van der Waals surface area (Å²) in [5.74, 6) is 1.81. The summed E-state index contributed by atoms with van der Waals surface area (Å²) >= 11 is 0. The Morgan fingerprint density at radius 2 is 1.92 bits per heavy atom. The molecule has 1 aromatic carbocycles. The number of aromatic nitrogens is 1. The Morgan fingerprint density at radius 1 is 1.21 bits per heavy atom. The minimum atomic E-state index is 0.712. The Morgan fingerprint density at radius 3 is 2.50 bits per heavy atom. The van der Waals surface area contributed by atoms with Crippen LogP contribution in [-0.2, 0) is 13.0 Å². The van der Waals surface area contributed by atoms with Gasteiger partial charge in [-0.25, -0.2) is 0 Å². The molecule has 2 aromatic rings. The average molecular weight is 328 g/mol. The Kier molecular flexibility index (Phi) is 6.41. The van der Waals surface area contributed by atoms with Gasteiger partial charge in [0.05, 0.1) is 5.69 Å². The lowest BCUT2D eigenvalue weighted by molar-refractivity contribution is 0.392. The van der Waals surface area contributed by atoms with Crippen LogP contribution in [0.3, 0.4) is 0 Å². The van der Waals surface area contributed by atoms with Crippen molar-refractivity contribution < 1.29 is 4.52 Å². The highest BCUT2D eigenvalue weighted by Crippen LogP contribution is 2.13. The molecule has 2 rings (SSSR count). The van der Waals surface area contributed by atoms with E-state index in [0.717, 1.165) is 42.5 Å². The molecule has 0 fully saturated rings. The molecule has 5 nitrogen and oxygen atoms in total. The van der Waals surface area contributed by atoms with Crippen LogP contribution in [0.5, 0.6) is 0 Å². The predicted molar refractivity (Wildman–Crippen MR) is 98.3 cm³/mol. The Bertz CT molecular complexity index is 654. The molecule has 5 heteroatoms. The molecule has 0 aliphatic rings. The van der Waals surface area contributed by atoms with Crippen molar-refractivity contribution in [1.29, 1.82) is 0 Å². The molecule has 1 N–H and O–H groups in total. The van der Waals surface area contributed by atoms with E-state index < -0.39 is 0 Å². The maximum atomic E-state index is 5.21. The first-order chi connectivity index (χ1) is 11.5. The van der Waals surface area contributed by atoms with Gasteiger partial charge in [-0.15, -0.1) is 0 Å². The Labute approximate surface area is 144 Å². The fraction of sp³-hybridized carbons (Fsp3) is 0.474. The van der Waals surface area contributed by atoms with Crippen LogP contribution < -0.4 is 5.32 Å². The third-order valence-electron chi connectivity index (χ3n) is 4.04. The summed E-state index contributed by atoms with van der Waals surface area (Å²) in [7, 11) is 2.07. The summed E-state index contributed by atoms with van der Waals surface area (Å²) in [5.41, 5.74) is 4.68. The topological polar surface area (TPSA) is 53.7 Å². The van der Waals surface area contributed by atoms with Crippen LogP contribution in [-0.4, -0.2) is 36.2 Å². The lowest BCUT2D eigenvalue weighted by Gasteiger charge is -2.22. The normalized spacial score (nSPS) is 11.6. The zero-order chi connectivity index (χ0) is 17.5. The van der Waals surface area contributed by atoms with Crippen LogP contribution in [0.1, 0.15) is 35.1 Å². The lowest BCUT2D eigenvalue weighted by atomic mass is 10.1. The maximum absolute atomic E-state index is 5.21. The van der Waals surface area contributed by atoms with Crippen molar-refractivity contribution in [2.24, 2.45) is 4.99 Å². The van der Waals surface area contributed by atoms with E-state index in [1.165, 1.54) is 11.1 Å². The molecule has 1 aromatic heterocycles. The van der Waals surface area contributed by atoms with Gasteiger partial charge in [-0.1, -0.05) is 35.0 Å². The molecule has 0 saturated heterocycles. The summed E-state index contributed by atoms with van der Waals surface area (Å²) in [4.78, 5) is 6.90. The number of nitrogens with zero attached hydrogens (tertiary/aromatic N) is 3. The quantitative estimate of drug-likeness (QED) is 0.653. The van der Waals surface area contributed by atoms with Crippen LogP contribution >= 0.6 is 0 Å². The van der Waals surface area contributed by atoms with Gasteiger partial charge in [0.25, 0.3) is 0 Å². The van der Waals surface area contributed by atoms with Crippen molar-refractivity contribution in [2.45, 2.75) is 40.7 Å². The van der Waals surface area contributed by atoms with E-state index in [4.69, 9.17) is 9.52 Å². The highest BCUT2D eigenvalue weighted by Gasteiger charge is 2.10. The Balaban J connectivity index is 2.00. The first-order valence-corrected chi connectivity index (χ1v) is 8.48. The van der Waals surface area contributed by atoms with Crippen LogP contribution in [0, 0.1) is 20.8 Å². The fourth-order valence-corrected chi connectivity index (χ4v) is 2.64. The van der Waals surface area contributed by atoms with E-state index in [2.05, 4.69) is 60.5 Å². The van der Waals surface area contributed by atoms with E-state index in [1.807, 2.05) is 13.8 Å². The minimum Gasteiger partial charge on any atom is -0.361 e. The van der Waals surface area contributed by atoms with Gasteiger partial charge in [0, 0.05) is 32.2 Å². The van der Waals surface area contributed by atoms with Crippen LogP contribution in [0.2, 0.25) is 0 Å². The number of guanidine groups is 1. The summed E-state index contributed by atoms with van der Waals surface area (Å²) in [6.07, 6.45) is 0.842. The molecule has 0 bridgehead atoms. The van der Waals surface area contributed by atoms with Crippen molar-refractivity contribution in [3.8, 4) is 0 Å². The van der Waals surface area contributed by atoms with Crippen molar-refractivity contribution in [3.05, 3.63) is 52.4 Å². The SMILES string of the molecule is CCNC(=NCCc1c(C)noc1C)N(C)Cc1ccc(C)cc1. The molecule has 0 aliphatic carbocycles. The van der Waals surface area contributed by atoms with E-state index in [1.54, 1.807) is 0 Å². The molecular weight excluding hydrogens is 300 g/mol. The number of hydrogen-bond acceptors (Lipinski definition) is 3. The standard InChI is InChI=1S/C19H28N4O/c1-6-20-19(21-12-11-18-15(3)22-24-16(18)4)23(5)13-17-9-7-14(2)8-10-17/h7-10H,6,11-13H2,1-5H3,(H,20,21). The van der Waals surface area contributed by atoms with Gasteiger partial charge >= 0.3 is 0 Å². The molecule has 0 unspecified atom stereocenters. The smallest absolute Gasteiger partial charge is 0.193 e. The van der Waals surface area contributed by atoms with Crippen molar-refractivity contribution in [3.63, 3.8) is 0 Å². The molecule has 0 aliphatic heterocycles. The van der Waals surface area contributed by atoms with Crippen molar-refractivity contribution >= 4 is 5.96 Å². The molecule has 0 saturated carbocycles. The van der Waals surface area contributed by atoms with Crippen molar-refractivity contribution in [2.75, 3.05) is 20.1 Å². The summed E-state index contributed by atoms with van der Waals surface area (Å²) < 4.78 is 5.21. The van der Waals surface area contributed by atoms with Gasteiger partial charge in [-0.05, 0) is 39.7 Å². The Hall–Kier alpha value is -2.30. The molecule has 24 heavy (non-hydrogen) atoms. The zero-order valence-electron chi connectivity index (χ0n) is 15.4. The average Bonchev–Trinajstić information content (AvgIpc) is 2.88. The third kappa shape index (κ3) is 4.85. The lowest BCUT2D eigenvalue weighted by Crippen LogP contribution is -2.38. The fourth-order valence-electron chi connectivity index (χ4n) is 2.64. The van der Waals surface area contributed by atoms with Gasteiger partial charge in [0.15, 0.2) is 5.96 Å². The minimum absolute atomic E-state index is 0.712. The molecule has 0 radical (unpaired) electrons. The monoisotopic (exact) mass is 328 g/mol. The number of aryl methyl sites for hydroxylation is 3. The molecule has 1 heterocycles. The summed E-state index contributed by atoms with van der Waals surface area (Å²) in [5, 5.41) is 7.36.